The highest BCUT2D eigenvalue weighted by Gasteiger charge is 2.11. The normalized spacial score (nSPS) is 10.5. The molecule has 0 spiro atoms. The van der Waals surface area contributed by atoms with E-state index < -0.39 is 0 Å². The van der Waals surface area contributed by atoms with Crippen molar-refractivity contribution < 1.29 is 0 Å². The Balaban J connectivity index is 2.59. The predicted molar refractivity (Wildman–Crippen MR) is 69.4 cm³/mol. The number of anilines is 1. The molecule has 84 valence electrons. The Morgan fingerprint density at radius 2 is 1.88 bits per heavy atom. The molecule has 2 aromatic rings. The van der Waals surface area contributed by atoms with Gasteiger partial charge in [-0.3, -0.25) is 0 Å². The van der Waals surface area contributed by atoms with Crippen LogP contribution in [0.25, 0.3) is 10.6 Å². The van der Waals surface area contributed by atoms with Crippen LogP contribution < -0.4 is 5.32 Å². The van der Waals surface area contributed by atoms with Gasteiger partial charge in [0.15, 0.2) is 5.82 Å². The number of nitrogens with zero attached hydrogens (tertiary/aromatic N) is 2. The zero-order valence-corrected chi connectivity index (χ0v) is 10.9. The van der Waals surface area contributed by atoms with Crippen molar-refractivity contribution in [1.82, 2.24) is 9.97 Å². The van der Waals surface area contributed by atoms with Crippen molar-refractivity contribution in [3.05, 3.63) is 27.9 Å². The lowest BCUT2D eigenvalue weighted by atomic mass is 10.3. The number of hydrogen-bond donors (Lipinski definition) is 1. The minimum atomic E-state index is 0.761. The van der Waals surface area contributed by atoms with Crippen LogP contribution in [0.15, 0.2) is 12.1 Å². The fourth-order valence-corrected chi connectivity index (χ4v) is 2.42. The number of halogens is 1. The summed E-state index contributed by atoms with van der Waals surface area (Å²) in [7, 11) is 1.84. The van der Waals surface area contributed by atoms with Crippen LogP contribution in [-0.2, 0) is 0 Å². The molecular formula is C11H12ClN3S. The molecule has 0 fully saturated rings. The average molecular weight is 254 g/mol. The minimum absolute atomic E-state index is 0.761. The fraction of sp³-hybridized carbons (Fsp3) is 0.273. The Labute approximate surface area is 104 Å². The Kier molecular flexibility index (Phi) is 3.12. The van der Waals surface area contributed by atoms with Crippen LogP contribution in [0, 0.1) is 13.8 Å². The molecule has 0 bridgehead atoms. The number of aryl methyl sites for hydroxylation is 2. The van der Waals surface area contributed by atoms with Gasteiger partial charge in [-0.1, -0.05) is 11.6 Å². The SMILES string of the molecule is CNc1nc(C)c(C)nc1-c1ccc(Cl)s1. The molecule has 2 rings (SSSR count). The molecule has 0 amide bonds. The van der Waals surface area contributed by atoms with Gasteiger partial charge < -0.3 is 5.32 Å². The number of rotatable bonds is 2. The number of thiophene rings is 1. The lowest BCUT2D eigenvalue weighted by Gasteiger charge is -2.08. The molecule has 3 nitrogen and oxygen atoms in total. The van der Waals surface area contributed by atoms with E-state index in [2.05, 4.69) is 15.3 Å². The fourth-order valence-electron chi connectivity index (χ4n) is 1.39. The van der Waals surface area contributed by atoms with Crippen LogP contribution in [0.1, 0.15) is 11.4 Å². The van der Waals surface area contributed by atoms with Gasteiger partial charge in [0.25, 0.3) is 0 Å². The molecule has 16 heavy (non-hydrogen) atoms. The van der Waals surface area contributed by atoms with E-state index in [1.54, 1.807) is 0 Å². The van der Waals surface area contributed by atoms with Gasteiger partial charge in [0.1, 0.15) is 5.69 Å². The van der Waals surface area contributed by atoms with Gasteiger partial charge in [-0.05, 0) is 26.0 Å². The topological polar surface area (TPSA) is 37.8 Å². The summed E-state index contributed by atoms with van der Waals surface area (Å²) in [6.45, 7) is 3.91. The average Bonchev–Trinajstić information content (AvgIpc) is 2.68. The third kappa shape index (κ3) is 2.03. The van der Waals surface area contributed by atoms with E-state index in [1.165, 1.54) is 11.3 Å². The van der Waals surface area contributed by atoms with Crippen LogP contribution in [-0.4, -0.2) is 17.0 Å². The highest BCUT2D eigenvalue weighted by Crippen LogP contribution is 2.33. The Hall–Kier alpha value is -1.13. The first-order valence-corrected chi connectivity index (χ1v) is 6.10. The maximum absolute atomic E-state index is 5.93. The molecule has 2 aromatic heterocycles. The predicted octanol–water partition coefficient (Wildman–Crippen LogP) is 3.52. The standard InChI is InChI=1S/C11H12ClN3S/c1-6-7(2)15-11(13-3)10(14-6)8-4-5-9(12)16-8/h4-5H,1-3H3,(H,13,15). The molecule has 1 N–H and O–H groups in total. The molecule has 0 radical (unpaired) electrons. The highest BCUT2D eigenvalue weighted by atomic mass is 35.5. The summed E-state index contributed by atoms with van der Waals surface area (Å²) < 4.78 is 0.761. The van der Waals surface area contributed by atoms with Crippen molar-refractivity contribution in [2.75, 3.05) is 12.4 Å². The minimum Gasteiger partial charge on any atom is -0.371 e. The van der Waals surface area contributed by atoms with E-state index in [4.69, 9.17) is 11.6 Å². The smallest absolute Gasteiger partial charge is 0.153 e. The summed E-state index contributed by atoms with van der Waals surface area (Å²) in [4.78, 5) is 10.1. The Bertz CT molecular complexity index is 522. The van der Waals surface area contributed by atoms with E-state index in [1.807, 2.05) is 33.0 Å². The van der Waals surface area contributed by atoms with Crippen LogP contribution >= 0.6 is 22.9 Å². The van der Waals surface area contributed by atoms with Gasteiger partial charge in [0.2, 0.25) is 0 Å². The largest absolute Gasteiger partial charge is 0.371 e. The van der Waals surface area contributed by atoms with Gasteiger partial charge >= 0.3 is 0 Å². The zero-order valence-electron chi connectivity index (χ0n) is 9.34. The first-order valence-electron chi connectivity index (χ1n) is 4.90. The second kappa shape index (κ2) is 4.39. The molecule has 0 saturated heterocycles. The maximum atomic E-state index is 5.93. The van der Waals surface area contributed by atoms with Gasteiger partial charge in [0, 0.05) is 7.05 Å². The lowest BCUT2D eigenvalue weighted by Crippen LogP contribution is -2.01. The second-order valence-corrected chi connectivity index (χ2v) is 5.16. The molecule has 0 aliphatic rings. The molecule has 0 unspecified atom stereocenters. The monoisotopic (exact) mass is 253 g/mol. The second-order valence-electron chi connectivity index (χ2n) is 3.45. The highest BCUT2D eigenvalue weighted by molar-refractivity contribution is 7.19. The van der Waals surface area contributed by atoms with Crippen LogP contribution in [0.3, 0.4) is 0 Å². The van der Waals surface area contributed by atoms with Gasteiger partial charge in [-0.2, -0.15) is 0 Å². The molecule has 0 aliphatic carbocycles. The third-order valence-electron chi connectivity index (χ3n) is 2.35. The van der Waals surface area contributed by atoms with E-state index >= 15 is 0 Å². The summed E-state index contributed by atoms with van der Waals surface area (Å²) in [5.41, 5.74) is 2.75. The van der Waals surface area contributed by atoms with Crippen molar-refractivity contribution in [2.45, 2.75) is 13.8 Å². The van der Waals surface area contributed by atoms with Gasteiger partial charge in [-0.25, -0.2) is 9.97 Å². The molecule has 2 heterocycles. The quantitative estimate of drug-likeness (QED) is 0.890. The van der Waals surface area contributed by atoms with E-state index in [0.717, 1.165) is 32.1 Å². The lowest BCUT2D eigenvalue weighted by molar-refractivity contribution is 1.05. The van der Waals surface area contributed by atoms with Crippen molar-refractivity contribution in [3.8, 4) is 10.6 Å². The van der Waals surface area contributed by atoms with Crippen molar-refractivity contribution >= 4 is 28.8 Å². The van der Waals surface area contributed by atoms with Gasteiger partial charge in [-0.15, -0.1) is 11.3 Å². The van der Waals surface area contributed by atoms with E-state index in [-0.39, 0.29) is 0 Å². The van der Waals surface area contributed by atoms with Crippen LogP contribution in [0.2, 0.25) is 4.34 Å². The van der Waals surface area contributed by atoms with Crippen molar-refractivity contribution in [1.29, 1.82) is 0 Å². The van der Waals surface area contributed by atoms with Gasteiger partial charge in [0.05, 0.1) is 20.6 Å². The van der Waals surface area contributed by atoms with Crippen molar-refractivity contribution in [2.24, 2.45) is 0 Å². The molecule has 0 aromatic carbocycles. The first-order chi connectivity index (χ1) is 7.61. The van der Waals surface area contributed by atoms with Crippen LogP contribution in [0.5, 0.6) is 0 Å². The Morgan fingerprint density at radius 1 is 1.19 bits per heavy atom. The maximum Gasteiger partial charge on any atom is 0.153 e. The summed E-state index contributed by atoms with van der Waals surface area (Å²) in [5, 5.41) is 3.06. The first kappa shape index (κ1) is 11.4. The third-order valence-corrected chi connectivity index (χ3v) is 3.59. The number of aromatic nitrogens is 2. The van der Waals surface area contributed by atoms with Crippen LogP contribution in [0.4, 0.5) is 5.82 Å². The molecule has 0 atom stereocenters. The number of nitrogens with one attached hydrogen (secondary N) is 1. The Morgan fingerprint density at radius 3 is 2.44 bits per heavy atom. The van der Waals surface area contributed by atoms with E-state index in [0.29, 0.717) is 0 Å². The van der Waals surface area contributed by atoms with Crippen molar-refractivity contribution in [3.63, 3.8) is 0 Å². The summed E-state index contributed by atoms with van der Waals surface area (Å²) in [6.07, 6.45) is 0. The van der Waals surface area contributed by atoms with E-state index in [9.17, 15) is 0 Å². The molecule has 0 saturated carbocycles. The summed E-state index contributed by atoms with van der Waals surface area (Å²) in [5.74, 6) is 0.793. The summed E-state index contributed by atoms with van der Waals surface area (Å²) in [6, 6.07) is 3.84. The molecular weight excluding hydrogens is 242 g/mol. The zero-order chi connectivity index (χ0) is 11.7. The summed E-state index contributed by atoms with van der Waals surface area (Å²) >= 11 is 7.43. The molecule has 0 aliphatic heterocycles. The number of hydrogen-bond acceptors (Lipinski definition) is 4. The molecule has 5 heteroatoms.